The Hall–Kier alpha value is -4.19. The van der Waals surface area contributed by atoms with E-state index in [-0.39, 0.29) is 12.5 Å². The molecule has 0 spiro atoms. The van der Waals surface area contributed by atoms with Gasteiger partial charge in [-0.25, -0.2) is 9.79 Å². The number of nitrogens with zero attached hydrogens (tertiary/aromatic N) is 4. The number of amides is 2. The molecule has 0 aliphatic heterocycles. The minimum atomic E-state index is -0.754. The van der Waals surface area contributed by atoms with Crippen molar-refractivity contribution in [2.45, 2.75) is 13.8 Å². The molecule has 0 bridgehead atoms. The van der Waals surface area contributed by atoms with Gasteiger partial charge in [-0.1, -0.05) is 5.16 Å². The van der Waals surface area contributed by atoms with Gasteiger partial charge in [0.25, 0.3) is 5.91 Å². The number of thioether (sulfide) groups is 1. The first-order valence-electron chi connectivity index (χ1n) is 11.2. The van der Waals surface area contributed by atoms with Crippen LogP contribution in [0, 0.1) is 6.92 Å². The lowest BCUT2D eigenvalue weighted by Crippen LogP contribution is -2.25. The standard InChI is InChI=1S/C25H27N5O6S/c1-6-34-20-13-17(9-12-19(20)35-14-21(31)26-3)22(24(37-5)29-25(32)33-4)28-18-10-7-16(8-11-18)23-27-15(2)36-30-23/h7-13H,6,14H2,1-5H3,(H,26,31). The minimum absolute atomic E-state index is 0.164. The molecule has 3 rings (SSSR count). The fourth-order valence-corrected chi connectivity index (χ4v) is 3.57. The molecule has 1 aromatic heterocycles. The smallest absolute Gasteiger partial charge is 0.434 e. The van der Waals surface area contributed by atoms with Crippen LogP contribution in [0.5, 0.6) is 11.5 Å². The SMILES string of the molecule is CCOc1cc(C(=Nc2ccc(-c3noc(C)n3)cc2)C(=NC(=O)OC)SC)ccc1OCC(=O)NC. The van der Waals surface area contributed by atoms with E-state index >= 15 is 0 Å². The number of aromatic nitrogens is 2. The van der Waals surface area contributed by atoms with Gasteiger partial charge in [0.1, 0.15) is 10.8 Å². The van der Waals surface area contributed by atoms with Crippen LogP contribution in [0.15, 0.2) is 57.0 Å². The van der Waals surface area contributed by atoms with Gasteiger partial charge in [-0.2, -0.15) is 9.98 Å². The van der Waals surface area contributed by atoms with E-state index in [0.29, 0.717) is 51.8 Å². The van der Waals surface area contributed by atoms with Crippen molar-refractivity contribution in [3.63, 3.8) is 0 Å². The van der Waals surface area contributed by atoms with Gasteiger partial charge in [0.05, 0.1) is 19.4 Å². The fourth-order valence-electron chi connectivity index (χ4n) is 3.05. The molecule has 0 saturated heterocycles. The number of carbonyl (C=O) groups is 2. The molecule has 0 saturated carbocycles. The van der Waals surface area contributed by atoms with E-state index in [2.05, 4.69) is 20.4 Å². The molecule has 1 heterocycles. The monoisotopic (exact) mass is 525 g/mol. The lowest BCUT2D eigenvalue weighted by atomic mass is 10.1. The Labute approximate surface area is 218 Å². The highest BCUT2D eigenvalue weighted by Crippen LogP contribution is 2.30. The van der Waals surface area contributed by atoms with E-state index in [4.69, 9.17) is 23.7 Å². The lowest BCUT2D eigenvalue weighted by molar-refractivity contribution is -0.122. The van der Waals surface area contributed by atoms with Crippen LogP contribution in [-0.4, -0.2) is 66.5 Å². The zero-order valence-electron chi connectivity index (χ0n) is 21.1. The molecule has 1 N–H and O–H groups in total. The minimum Gasteiger partial charge on any atom is -0.490 e. The van der Waals surface area contributed by atoms with Crippen molar-refractivity contribution < 1.29 is 28.3 Å². The van der Waals surface area contributed by atoms with Crippen molar-refractivity contribution >= 4 is 40.2 Å². The van der Waals surface area contributed by atoms with Gasteiger partial charge in [0, 0.05) is 25.1 Å². The maximum Gasteiger partial charge on any atom is 0.434 e. The Morgan fingerprint density at radius 2 is 1.86 bits per heavy atom. The summed E-state index contributed by atoms with van der Waals surface area (Å²) >= 11 is 1.24. The highest BCUT2D eigenvalue weighted by molar-refractivity contribution is 8.15. The first-order valence-corrected chi connectivity index (χ1v) is 12.4. The number of ether oxygens (including phenoxy) is 3. The maximum atomic E-state index is 12.0. The van der Waals surface area contributed by atoms with E-state index in [0.717, 1.165) is 5.56 Å². The summed E-state index contributed by atoms with van der Waals surface area (Å²) in [5, 5.41) is 6.77. The Morgan fingerprint density at radius 1 is 1.11 bits per heavy atom. The first kappa shape index (κ1) is 27.4. The van der Waals surface area contributed by atoms with Crippen LogP contribution in [0.1, 0.15) is 18.4 Å². The Balaban J connectivity index is 2.06. The van der Waals surface area contributed by atoms with Crippen LogP contribution < -0.4 is 14.8 Å². The fraction of sp³-hybridized carbons (Fsp3) is 0.280. The second-order valence-corrected chi connectivity index (χ2v) is 8.09. The Kier molecular flexibility index (Phi) is 9.78. The largest absolute Gasteiger partial charge is 0.490 e. The van der Waals surface area contributed by atoms with Crippen LogP contribution >= 0.6 is 11.8 Å². The predicted molar refractivity (Wildman–Crippen MR) is 141 cm³/mol. The van der Waals surface area contributed by atoms with Crippen molar-refractivity contribution in [1.29, 1.82) is 0 Å². The van der Waals surface area contributed by atoms with Crippen molar-refractivity contribution in [3.8, 4) is 22.9 Å². The van der Waals surface area contributed by atoms with Gasteiger partial charge >= 0.3 is 6.09 Å². The molecule has 0 radical (unpaired) electrons. The number of hydrogen-bond acceptors (Lipinski definition) is 10. The maximum absolute atomic E-state index is 12.0. The van der Waals surface area contributed by atoms with Gasteiger partial charge in [-0.3, -0.25) is 4.79 Å². The van der Waals surface area contributed by atoms with Crippen LogP contribution in [-0.2, 0) is 9.53 Å². The molecule has 11 nitrogen and oxygen atoms in total. The Morgan fingerprint density at radius 3 is 2.46 bits per heavy atom. The highest BCUT2D eigenvalue weighted by Gasteiger charge is 2.18. The third kappa shape index (κ3) is 7.40. The van der Waals surface area contributed by atoms with Crippen molar-refractivity contribution in [3.05, 3.63) is 53.9 Å². The summed E-state index contributed by atoms with van der Waals surface area (Å²) in [7, 11) is 2.78. The average Bonchev–Trinajstić information content (AvgIpc) is 3.36. The Bertz CT molecular complexity index is 1300. The van der Waals surface area contributed by atoms with Gasteiger partial charge in [0.2, 0.25) is 11.7 Å². The number of aliphatic imine (C=N–C) groups is 2. The molecular formula is C25H27N5O6S. The summed E-state index contributed by atoms with van der Waals surface area (Å²) in [4.78, 5) is 36.7. The van der Waals surface area contributed by atoms with Crippen LogP contribution in [0.4, 0.5) is 10.5 Å². The van der Waals surface area contributed by atoms with E-state index in [1.54, 1.807) is 43.5 Å². The number of methoxy groups -OCH3 is 1. The average molecular weight is 526 g/mol. The molecule has 3 aromatic rings. The molecule has 2 amide bonds. The quantitative estimate of drug-likeness (QED) is 0.321. The number of benzene rings is 2. The summed E-state index contributed by atoms with van der Waals surface area (Å²) in [5.74, 6) is 1.47. The number of rotatable bonds is 9. The number of hydrogen-bond donors (Lipinski definition) is 1. The van der Waals surface area contributed by atoms with Gasteiger partial charge in [-0.05, 0) is 55.6 Å². The van der Waals surface area contributed by atoms with E-state index in [1.807, 2.05) is 19.1 Å². The van der Waals surface area contributed by atoms with E-state index in [9.17, 15) is 9.59 Å². The summed E-state index contributed by atoms with van der Waals surface area (Å²) in [6.45, 7) is 3.76. The lowest BCUT2D eigenvalue weighted by Gasteiger charge is -2.14. The third-order valence-corrected chi connectivity index (χ3v) is 5.48. The van der Waals surface area contributed by atoms with Gasteiger partial charge < -0.3 is 24.1 Å². The number of carbonyl (C=O) groups excluding carboxylic acids is 2. The molecule has 0 aliphatic rings. The van der Waals surface area contributed by atoms with Gasteiger partial charge in [0.15, 0.2) is 18.1 Å². The van der Waals surface area contributed by atoms with Crippen molar-refractivity contribution in [2.75, 3.05) is 33.6 Å². The van der Waals surface area contributed by atoms with Crippen LogP contribution in [0.25, 0.3) is 11.4 Å². The van der Waals surface area contributed by atoms with Crippen LogP contribution in [0.2, 0.25) is 0 Å². The van der Waals surface area contributed by atoms with Gasteiger partial charge in [-0.15, -0.1) is 11.8 Å². The predicted octanol–water partition coefficient (Wildman–Crippen LogP) is 4.22. The zero-order valence-corrected chi connectivity index (χ0v) is 21.9. The second kappa shape index (κ2) is 13.2. The molecule has 37 heavy (non-hydrogen) atoms. The molecular weight excluding hydrogens is 498 g/mol. The van der Waals surface area contributed by atoms with Crippen LogP contribution in [0.3, 0.4) is 0 Å². The first-order chi connectivity index (χ1) is 17.9. The summed E-state index contributed by atoms with van der Waals surface area (Å²) in [5.41, 5.74) is 2.40. The number of aryl methyl sites for hydroxylation is 1. The molecule has 0 aliphatic carbocycles. The zero-order chi connectivity index (χ0) is 26.8. The number of likely N-dealkylation sites (N-methyl/N-ethyl adjacent to an activating group) is 1. The number of nitrogens with one attached hydrogen (secondary N) is 1. The van der Waals surface area contributed by atoms with Crippen molar-refractivity contribution in [1.82, 2.24) is 15.5 Å². The van der Waals surface area contributed by atoms with E-state index in [1.165, 1.54) is 25.9 Å². The van der Waals surface area contributed by atoms with E-state index < -0.39 is 6.09 Å². The molecule has 2 aromatic carbocycles. The molecule has 12 heteroatoms. The topological polar surface area (TPSA) is 138 Å². The normalized spacial score (nSPS) is 11.7. The third-order valence-electron chi connectivity index (χ3n) is 4.81. The van der Waals surface area contributed by atoms with Crippen molar-refractivity contribution in [2.24, 2.45) is 9.98 Å². The highest BCUT2D eigenvalue weighted by atomic mass is 32.2. The summed E-state index contributed by atoms with van der Waals surface area (Å²) in [6.07, 6.45) is 1.03. The summed E-state index contributed by atoms with van der Waals surface area (Å²) < 4.78 is 21.1. The summed E-state index contributed by atoms with van der Waals surface area (Å²) in [6, 6.07) is 12.4. The molecule has 0 fully saturated rings. The molecule has 0 atom stereocenters. The second-order valence-electron chi connectivity index (χ2n) is 7.29. The molecule has 0 unspecified atom stereocenters. The molecule has 194 valence electrons.